The maximum Gasteiger partial charge on any atom is 0.282 e. The number of hydrogen-bond donors (Lipinski definition) is 0. The summed E-state index contributed by atoms with van der Waals surface area (Å²) in [5.41, 5.74) is -0.317. The minimum absolute atomic E-state index is 0.0449. The molecule has 0 aliphatic carbocycles. The predicted octanol–water partition coefficient (Wildman–Crippen LogP) is 3.11. The summed E-state index contributed by atoms with van der Waals surface area (Å²) in [6.07, 6.45) is 1.50. The van der Waals surface area contributed by atoms with Crippen LogP contribution in [0, 0.1) is 10.1 Å². The van der Waals surface area contributed by atoms with Crippen molar-refractivity contribution in [2.24, 2.45) is 0 Å². The summed E-state index contributed by atoms with van der Waals surface area (Å²) in [6, 6.07) is 7.31. The number of rotatable bonds is 4. The Balaban J connectivity index is 2.28. The maximum absolute atomic E-state index is 12.3. The Bertz CT molecular complexity index is 640. The number of carbonyl (C=O) groups is 1. The fraction of sp³-hybridized carbons (Fsp3) is 0.154. The molecule has 2 rings (SSSR count). The Labute approximate surface area is 119 Å². The summed E-state index contributed by atoms with van der Waals surface area (Å²) in [7, 11) is 1.54. The Hall–Kier alpha value is -2.34. The first kappa shape index (κ1) is 14.1. The molecule has 6 nitrogen and oxygen atoms in total. The molecule has 2 aromatic rings. The van der Waals surface area contributed by atoms with Crippen LogP contribution in [0.3, 0.4) is 0 Å². The van der Waals surface area contributed by atoms with Crippen LogP contribution in [0.15, 0.2) is 41.0 Å². The van der Waals surface area contributed by atoms with E-state index in [9.17, 15) is 14.9 Å². The van der Waals surface area contributed by atoms with E-state index in [1.54, 1.807) is 12.1 Å². The van der Waals surface area contributed by atoms with E-state index >= 15 is 0 Å². The van der Waals surface area contributed by atoms with Crippen LogP contribution in [-0.2, 0) is 6.54 Å². The van der Waals surface area contributed by atoms with Crippen molar-refractivity contribution in [1.82, 2.24) is 4.90 Å². The number of halogens is 1. The minimum atomic E-state index is -0.607. The van der Waals surface area contributed by atoms with Crippen LogP contribution in [0.2, 0.25) is 5.02 Å². The van der Waals surface area contributed by atoms with Crippen LogP contribution in [0.25, 0.3) is 0 Å². The summed E-state index contributed by atoms with van der Waals surface area (Å²) in [5, 5.41) is 11.2. The summed E-state index contributed by atoms with van der Waals surface area (Å²) < 4.78 is 5.14. The van der Waals surface area contributed by atoms with Crippen molar-refractivity contribution in [3.63, 3.8) is 0 Å². The highest BCUT2D eigenvalue weighted by Crippen LogP contribution is 2.24. The number of furan rings is 1. The normalized spacial score (nSPS) is 10.3. The second kappa shape index (κ2) is 5.75. The third-order valence-electron chi connectivity index (χ3n) is 2.71. The second-order valence-corrected chi connectivity index (χ2v) is 4.60. The maximum atomic E-state index is 12.3. The van der Waals surface area contributed by atoms with Gasteiger partial charge in [0, 0.05) is 18.1 Å². The summed E-state index contributed by atoms with van der Waals surface area (Å²) in [5.74, 6) is 0.0983. The standard InChI is InChI=1S/C13H11ClN2O4/c1-15(8-10-3-2-6-20-10)13(17)11-7-9(14)4-5-12(11)16(18)19/h2-7H,8H2,1H3. The van der Waals surface area contributed by atoms with Crippen LogP contribution in [0.5, 0.6) is 0 Å². The van der Waals surface area contributed by atoms with Gasteiger partial charge < -0.3 is 9.32 Å². The highest BCUT2D eigenvalue weighted by Gasteiger charge is 2.23. The van der Waals surface area contributed by atoms with Gasteiger partial charge in [0.1, 0.15) is 11.3 Å². The van der Waals surface area contributed by atoms with E-state index in [2.05, 4.69) is 0 Å². The summed E-state index contributed by atoms with van der Waals surface area (Å²) in [6.45, 7) is 0.218. The van der Waals surface area contributed by atoms with Crippen molar-refractivity contribution >= 4 is 23.2 Å². The number of nitrogens with zero attached hydrogens (tertiary/aromatic N) is 2. The SMILES string of the molecule is CN(Cc1ccco1)C(=O)c1cc(Cl)ccc1[N+](=O)[O-]. The van der Waals surface area contributed by atoms with Gasteiger partial charge in [-0.15, -0.1) is 0 Å². The Morgan fingerprint density at radius 3 is 2.80 bits per heavy atom. The molecule has 0 fully saturated rings. The number of hydrogen-bond acceptors (Lipinski definition) is 4. The molecule has 0 aliphatic heterocycles. The Morgan fingerprint density at radius 2 is 2.20 bits per heavy atom. The quantitative estimate of drug-likeness (QED) is 0.641. The van der Waals surface area contributed by atoms with Crippen molar-refractivity contribution in [3.8, 4) is 0 Å². The molecule has 20 heavy (non-hydrogen) atoms. The van der Waals surface area contributed by atoms with E-state index in [1.165, 1.54) is 36.4 Å². The van der Waals surface area contributed by atoms with E-state index < -0.39 is 10.8 Å². The molecule has 0 unspecified atom stereocenters. The van der Waals surface area contributed by atoms with E-state index in [1.807, 2.05) is 0 Å². The third-order valence-corrected chi connectivity index (χ3v) is 2.94. The average molecular weight is 295 g/mol. The molecule has 0 bridgehead atoms. The van der Waals surface area contributed by atoms with Crippen LogP contribution in [-0.4, -0.2) is 22.8 Å². The number of carbonyl (C=O) groups excluding carboxylic acids is 1. The molecule has 1 aromatic heterocycles. The Kier molecular flexibility index (Phi) is 4.05. The van der Waals surface area contributed by atoms with E-state index in [-0.39, 0.29) is 22.8 Å². The lowest BCUT2D eigenvalue weighted by Gasteiger charge is -2.15. The molecular formula is C13H11ClN2O4. The van der Waals surface area contributed by atoms with Gasteiger partial charge in [-0.1, -0.05) is 11.6 Å². The molecule has 0 aliphatic rings. The molecule has 0 saturated carbocycles. The van der Waals surface area contributed by atoms with Gasteiger partial charge in [-0.2, -0.15) is 0 Å². The van der Waals surface area contributed by atoms with Gasteiger partial charge in [0.15, 0.2) is 0 Å². The molecule has 104 valence electrons. The van der Waals surface area contributed by atoms with Gasteiger partial charge in [0.2, 0.25) is 0 Å². The molecule has 1 heterocycles. The lowest BCUT2D eigenvalue weighted by Crippen LogP contribution is -2.26. The molecular weight excluding hydrogens is 284 g/mol. The van der Waals surface area contributed by atoms with E-state index in [4.69, 9.17) is 16.0 Å². The van der Waals surface area contributed by atoms with Crippen LogP contribution in [0.4, 0.5) is 5.69 Å². The number of nitro groups is 1. The van der Waals surface area contributed by atoms with Gasteiger partial charge in [0.05, 0.1) is 17.7 Å². The Morgan fingerprint density at radius 1 is 1.45 bits per heavy atom. The van der Waals surface area contributed by atoms with Crippen molar-refractivity contribution in [2.45, 2.75) is 6.54 Å². The highest BCUT2D eigenvalue weighted by molar-refractivity contribution is 6.31. The molecule has 0 spiro atoms. The van der Waals surface area contributed by atoms with Crippen LogP contribution in [0.1, 0.15) is 16.1 Å². The van der Waals surface area contributed by atoms with E-state index in [0.717, 1.165) is 0 Å². The average Bonchev–Trinajstić information content (AvgIpc) is 2.90. The summed E-state index contributed by atoms with van der Waals surface area (Å²) in [4.78, 5) is 23.9. The lowest BCUT2D eigenvalue weighted by atomic mass is 10.1. The molecule has 1 aromatic carbocycles. The highest BCUT2D eigenvalue weighted by atomic mass is 35.5. The van der Waals surface area contributed by atoms with Gasteiger partial charge >= 0.3 is 0 Å². The van der Waals surface area contributed by atoms with Gasteiger partial charge in [0.25, 0.3) is 11.6 Å². The first-order valence-electron chi connectivity index (χ1n) is 5.71. The third kappa shape index (κ3) is 2.97. The molecule has 0 saturated heterocycles. The molecule has 0 N–H and O–H groups in total. The smallest absolute Gasteiger partial charge is 0.282 e. The topological polar surface area (TPSA) is 76.6 Å². The van der Waals surface area contributed by atoms with Crippen molar-refractivity contribution in [2.75, 3.05) is 7.05 Å². The molecule has 0 radical (unpaired) electrons. The second-order valence-electron chi connectivity index (χ2n) is 4.16. The van der Waals surface area contributed by atoms with Gasteiger partial charge in [-0.3, -0.25) is 14.9 Å². The fourth-order valence-electron chi connectivity index (χ4n) is 1.75. The van der Waals surface area contributed by atoms with Crippen molar-refractivity contribution < 1.29 is 14.1 Å². The summed E-state index contributed by atoms with van der Waals surface area (Å²) >= 11 is 5.80. The zero-order chi connectivity index (χ0) is 14.7. The van der Waals surface area contributed by atoms with Gasteiger partial charge in [-0.25, -0.2) is 0 Å². The number of benzene rings is 1. The largest absolute Gasteiger partial charge is 0.467 e. The first-order chi connectivity index (χ1) is 9.49. The fourth-order valence-corrected chi connectivity index (χ4v) is 1.92. The monoisotopic (exact) mass is 294 g/mol. The van der Waals surface area contributed by atoms with E-state index in [0.29, 0.717) is 5.76 Å². The van der Waals surface area contributed by atoms with Crippen molar-refractivity contribution in [1.29, 1.82) is 0 Å². The van der Waals surface area contributed by atoms with Crippen molar-refractivity contribution in [3.05, 3.63) is 63.1 Å². The zero-order valence-electron chi connectivity index (χ0n) is 10.6. The number of nitro benzene ring substituents is 1. The van der Waals surface area contributed by atoms with Crippen LogP contribution >= 0.6 is 11.6 Å². The molecule has 1 amide bonds. The first-order valence-corrected chi connectivity index (χ1v) is 6.08. The number of amides is 1. The minimum Gasteiger partial charge on any atom is -0.467 e. The lowest BCUT2D eigenvalue weighted by molar-refractivity contribution is -0.385. The van der Waals surface area contributed by atoms with Gasteiger partial charge in [-0.05, 0) is 24.3 Å². The molecule has 0 atom stereocenters. The molecule has 7 heteroatoms. The van der Waals surface area contributed by atoms with Crippen LogP contribution < -0.4 is 0 Å². The predicted molar refractivity (Wildman–Crippen MR) is 72.6 cm³/mol. The zero-order valence-corrected chi connectivity index (χ0v) is 11.3.